The van der Waals surface area contributed by atoms with Crippen LogP contribution in [0.2, 0.25) is 0 Å². The summed E-state index contributed by atoms with van der Waals surface area (Å²) in [6.45, 7) is 0.279. The largest absolute Gasteiger partial charge is 0.482 e. The van der Waals surface area contributed by atoms with Crippen LogP contribution in [-0.4, -0.2) is 33.0 Å². The first kappa shape index (κ1) is 14.9. The maximum Gasteiger partial charge on any atom is 0.270 e. The summed E-state index contributed by atoms with van der Waals surface area (Å²) in [5.41, 5.74) is 7.97. The lowest BCUT2D eigenvalue weighted by Gasteiger charge is -2.18. The number of hydrogen-bond donors (Lipinski definition) is 3. The highest BCUT2D eigenvalue weighted by Crippen LogP contribution is 2.28. The number of anilines is 2. The maximum absolute atomic E-state index is 12.3. The van der Waals surface area contributed by atoms with Gasteiger partial charge in [-0.15, -0.1) is 0 Å². The first-order valence-electron chi connectivity index (χ1n) is 7.54. The molecule has 0 spiro atoms. The average Bonchev–Trinajstić information content (AvgIpc) is 3.08. The van der Waals surface area contributed by atoms with Crippen LogP contribution in [0.3, 0.4) is 0 Å². The van der Waals surface area contributed by atoms with Crippen LogP contribution in [0.25, 0.3) is 5.65 Å². The number of carbonyl (C=O) groups is 2. The molecular formula is C16H14N6O3. The van der Waals surface area contributed by atoms with Crippen LogP contribution in [-0.2, 0) is 11.3 Å². The van der Waals surface area contributed by atoms with E-state index in [2.05, 4.69) is 20.7 Å². The third kappa shape index (κ3) is 2.82. The summed E-state index contributed by atoms with van der Waals surface area (Å²) in [6.07, 6.45) is 1.56. The number of nitrogens with two attached hydrogens (primary N) is 1. The van der Waals surface area contributed by atoms with E-state index in [4.69, 9.17) is 10.5 Å². The molecule has 3 heterocycles. The van der Waals surface area contributed by atoms with Gasteiger partial charge in [-0.2, -0.15) is 9.61 Å². The Labute approximate surface area is 141 Å². The zero-order valence-corrected chi connectivity index (χ0v) is 13.0. The molecule has 1 aliphatic rings. The Balaban J connectivity index is 1.49. The molecule has 25 heavy (non-hydrogen) atoms. The number of nitrogen functional groups attached to an aromatic ring is 1. The number of benzene rings is 1. The first-order valence-corrected chi connectivity index (χ1v) is 7.54. The van der Waals surface area contributed by atoms with Gasteiger partial charge >= 0.3 is 0 Å². The van der Waals surface area contributed by atoms with Gasteiger partial charge in [0.25, 0.3) is 11.8 Å². The molecule has 0 fully saturated rings. The number of fused-ring (bicyclic) bond motifs is 2. The summed E-state index contributed by atoms with van der Waals surface area (Å²) in [4.78, 5) is 27.9. The van der Waals surface area contributed by atoms with E-state index in [-0.39, 0.29) is 30.7 Å². The molecule has 9 nitrogen and oxygen atoms in total. The van der Waals surface area contributed by atoms with Gasteiger partial charge in [0.05, 0.1) is 11.9 Å². The SMILES string of the molecule is Nc1cc(C(=O)NCc2ccc3c(c2)NC(=O)CO3)nc2ccnn12. The summed E-state index contributed by atoms with van der Waals surface area (Å²) in [7, 11) is 0. The quantitative estimate of drug-likeness (QED) is 0.641. The number of ether oxygens (including phenoxy) is 1. The number of nitrogens with one attached hydrogen (secondary N) is 2. The minimum absolute atomic E-state index is 0.00719. The Morgan fingerprint density at radius 3 is 3.12 bits per heavy atom. The van der Waals surface area contributed by atoms with Gasteiger partial charge in [0.1, 0.15) is 17.3 Å². The van der Waals surface area contributed by atoms with E-state index < -0.39 is 0 Å². The normalized spacial score (nSPS) is 13.0. The van der Waals surface area contributed by atoms with Gasteiger partial charge in [0.2, 0.25) is 0 Å². The van der Waals surface area contributed by atoms with E-state index in [1.165, 1.54) is 10.6 Å². The van der Waals surface area contributed by atoms with Crippen LogP contribution >= 0.6 is 0 Å². The maximum atomic E-state index is 12.3. The minimum Gasteiger partial charge on any atom is -0.482 e. The van der Waals surface area contributed by atoms with Crippen LogP contribution < -0.4 is 21.1 Å². The van der Waals surface area contributed by atoms with Crippen molar-refractivity contribution in [1.82, 2.24) is 19.9 Å². The molecule has 4 rings (SSSR count). The number of nitrogens with zero attached hydrogens (tertiary/aromatic N) is 3. The van der Waals surface area contributed by atoms with Crippen molar-refractivity contribution in [2.75, 3.05) is 17.7 Å². The monoisotopic (exact) mass is 338 g/mol. The summed E-state index contributed by atoms with van der Waals surface area (Å²) in [6, 6.07) is 8.47. The van der Waals surface area contributed by atoms with E-state index in [9.17, 15) is 9.59 Å². The van der Waals surface area contributed by atoms with Gasteiger partial charge in [-0.1, -0.05) is 6.07 Å². The van der Waals surface area contributed by atoms with Crippen LogP contribution in [0.5, 0.6) is 5.75 Å². The van der Waals surface area contributed by atoms with Gasteiger partial charge in [0, 0.05) is 18.7 Å². The Hall–Kier alpha value is -3.62. The van der Waals surface area contributed by atoms with Gasteiger partial charge < -0.3 is 21.1 Å². The third-order valence-electron chi connectivity index (χ3n) is 3.75. The molecule has 0 aliphatic carbocycles. The number of amides is 2. The van der Waals surface area contributed by atoms with Crippen molar-refractivity contribution in [1.29, 1.82) is 0 Å². The number of rotatable bonds is 3. The predicted molar refractivity (Wildman–Crippen MR) is 89.1 cm³/mol. The van der Waals surface area contributed by atoms with Gasteiger partial charge in [-0.3, -0.25) is 9.59 Å². The lowest BCUT2D eigenvalue weighted by Crippen LogP contribution is -2.26. The van der Waals surface area contributed by atoms with E-state index in [1.807, 2.05) is 6.07 Å². The van der Waals surface area contributed by atoms with Crippen LogP contribution in [0.4, 0.5) is 11.5 Å². The molecule has 0 saturated carbocycles. The van der Waals surface area contributed by atoms with Crippen molar-refractivity contribution in [3.05, 3.63) is 47.8 Å². The van der Waals surface area contributed by atoms with Gasteiger partial charge in [0.15, 0.2) is 12.3 Å². The highest BCUT2D eigenvalue weighted by atomic mass is 16.5. The molecule has 0 saturated heterocycles. The molecule has 4 N–H and O–H groups in total. The molecule has 1 aliphatic heterocycles. The number of aromatic nitrogens is 3. The fourth-order valence-corrected chi connectivity index (χ4v) is 2.57. The summed E-state index contributed by atoms with van der Waals surface area (Å²) in [5.74, 6) is 0.375. The predicted octanol–water partition coefficient (Wildman–Crippen LogP) is 0.572. The first-order chi connectivity index (χ1) is 12.1. The molecule has 3 aromatic rings. The highest BCUT2D eigenvalue weighted by molar-refractivity contribution is 5.95. The highest BCUT2D eigenvalue weighted by Gasteiger charge is 2.16. The van der Waals surface area contributed by atoms with Crippen molar-refractivity contribution < 1.29 is 14.3 Å². The zero-order chi connectivity index (χ0) is 17.4. The smallest absolute Gasteiger partial charge is 0.270 e. The molecule has 0 atom stereocenters. The van der Waals surface area contributed by atoms with Crippen molar-refractivity contribution >= 4 is 29.0 Å². The third-order valence-corrected chi connectivity index (χ3v) is 3.75. The number of hydrogen-bond acceptors (Lipinski definition) is 6. The summed E-state index contributed by atoms with van der Waals surface area (Å²) >= 11 is 0. The van der Waals surface area contributed by atoms with Crippen molar-refractivity contribution in [3.8, 4) is 5.75 Å². The molecule has 2 aromatic heterocycles. The molecule has 2 amide bonds. The van der Waals surface area contributed by atoms with Crippen molar-refractivity contribution in [3.63, 3.8) is 0 Å². The second kappa shape index (κ2) is 5.78. The average molecular weight is 338 g/mol. The second-order valence-electron chi connectivity index (χ2n) is 5.52. The van der Waals surface area contributed by atoms with Crippen molar-refractivity contribution in [2.24, 2.45) is 0 Å². The lowest BCUT2D eigenvalue weighted by atomic mass is 10.1. The second-order valence-corrected chi connectivity index (χ2v) is 5.52. The van der Waals surface area contributed by atoms with Crippen LogP contribution in [0, 0.1) is 0 Å². The molecule has 9 heteroatoms. The lowest BCUT2D eigenvalue weighted by molar-refractivity contribution is -0.118. The van der Waals surface area contributed by atoms with E-state index >= 15 is 0 Å². The molecular weight excluding hydrogens is 324 g/mol. The van der Waals surface area contributed by atoms with Crippen LogP contribution in [0.1, 0.15) is 16.1 Å². The van der Waals surface area contributed by atoms with E-state index in [0.717, 1.165) is 5.56 Å². The number of carbonyl (C=O) groups excluding carboxylic acids is 2. The standard InChI is InChI=1S/C16H14N6O3/c17-13-6-11(20-14-3-4-19-22(13)14)16(24)18-7-9-1-2-12-10(5-9)21-15(23)8-25-12/h1-6H,7-8,17H2,(H,18,24)(H,21,23). The summed E-state index contributed by atoms with van der Waals surface area (Å²) in [5, 5.41) is 9.52. The minimum atomic E-state index is -0.353. The molecule has 0 bridgehead atoms. The fraction of sp³-hybridized carbons (Fsp3) is 0.125. The Kier molecular flexibility index (Phi) is 3.46. The molecule has 0 radical (unpaired) electrons. The fourth-order valence-electron chi connectivity index (χ4n) is 2.57. The Bertz CT molecular complexity index is 997. The van der Waals surface area contributed by atoms with Gasteiger partial charge in [-0.25, -0.2) is 4.98 Å². The van der Waals surface area contributed by atoms with Crippen LogP contribution in [0.15, 0.2) is 36.5 Å². The molecule has 1 aromatic carbocycles. The molecule has 126 valence electrons. The topological polar surface area (TPSA) is 124 Å². The Morgan fingerprint density at radius 1 is 1.36 bits per heavy atom. The summed E-state index contributed by atoms with van der Waals surface area (Å²) < 4.78 is 6.75. The van der Waals surface area contributed by atoms with E-state index in [1.54, 1.807) is 24.4 Å². The molecule has 0 unspecified atom stereocenters. The Morgan fingerprint density at radius 2 is 2.24 bits per heavy atom. The van der Waals surface area contributed by atoms with Gasteiger partial charge in [-0.05, 0) is 17.7 Å². The van der Waals surface area contributed by atoms with Crippen molar-refractivity contribution in [2.45, 2.75) is 6.54 Å². The van der Waals surface area contributed by atoms with E-state index in [0.29, 0.717) is 22.9 Å². The zero-order valence-electron chi connectivity index (χ0n) is 13.0.